The first-order valence-corrected chi connectivity index (χ1v) is 24.4. The van der Waals surface area contributed by atoms with Crippen LogP contribution in [0.4, 0.5) is 0 Å². The van der Waals surface area contributed by atoms with Crippen molar-refractivity contribution in [2.75, 3.05) is 6.61 Å². The molecule has 0 aliphatic carbocycles. The number of ether oxygens (including phenoxy) is 1. The summed E-state index contributed by atoms with van der Waals surface area (Å²) in [6.45, 7) is 6.27. The van der Waals surface area contributed by atoms with E-state index in [0.29, 0.717) is 19.3 Å². The summed E-state index contributed by atoms with van der Waals surface area (Å²) in [5.74, 6) is -0.574. The molecule has 0 saturated carbocycles. The molecule has 6 nitrogen and oxygen atoms in total. The molecule has 59 heavy (non-hydrogen) atoms. The van der Waals surface area contributed by atoms with Gasteiger partial charge in [0, 0.05) is 6.42 Å². The molecule has 0 aromatic carbocycles. The molecule has 0 aliphatic heterocycles. The fourth-order valence-corrected chi connectivity index (χ4v) is 6.86. The lowest BCUT2D eigenvalue weighted by Gasteiger charge is -2.24. The summed E-state index contributed by atoms with van der Waals surface area (Å²) >= 11 is 0. The molecule has 3 N–H and O–H groups in total. The fourth-order valence-electron chi connectivity index (χ4n) is 6.86. The minimum Gasteiger partial charge on any atom is -0.462 e. The number of esters is 1. The SMILES string of the molecule is CC/C=C/C=C/C=C\C=C/CCCC(CC(=O)NC(CO)C(O)CCCCCCCCCCCCCC)OC(=O)CCCCCC/C=C\C/C=C\C/C=C\CCCCC. The summed E-state index contributed by atoms with van der Waals surface area (Å²) in [6.07, 6.45) is 59.3. The van der Waals surface area contributed by atoms with Crippen LogP contribution in [-0.2, 0) is 14.3 Å². The van der Waals surface area contributed by atoms with E-state index in [1.54, 1.807) is 0 Å². The maximum absolute atomic E-state index is 13.1. The molecule has 0 aliphatic rings. The number of carbonyl (C=O) groups excluding carboxylic acids is 2. The Hall–Kier alpha value is -2.96. The van der Waals surface area contributed by atoms with Crippen molar-refractivity contribution in [3.05, 3.63) is 85.1 Å². The zero-order valence-corrected chi connectivity index (χ0v) is 38.4. The number of aliphatic hydroxyl groups is 2. The number of unbranched alkanes of at least 4 members (excludes halogenated alkanes) is 19. The Morgan fingerprint density at radius 3 is 1.59 bits per heavy atom. The minimum absolute atomic E-state index is 0.0184. The van der Waals surface area contributed by atoms with E-state index in [1.807, 2.05) is 36.5 Å². The van der Waals surface area contributed by atoms with Crippen molar-refractivity contribution in [2.24, 2.45) is 0 Å². The van der Waals surface area contributed by atoms with Crippen LogP contribution in [0.15, 0.2) is 85.1 Å². The molecule has 6 heteroatoms. The second kappa shape index (κ2) is 46.1. The fraction of sp³-hybridized carbons (Fsp3) is 0.698. The molecule has 0 aromatic heterocycles. The molecule has 0 bridgehead atoms. The van der Waals surface area contributed by atoms with Crippen molar-refractivity contribution in [2.45, 2.75) is 232 Å². The smallest absolute Gasteiger partial charge is 0.306 e. The van der Waals surface area contributed by atoms with Crippen molar-refractivity contribution in [3.63, 3.8) is 0 Å². The van der Waals surface area contributed by atoms with E-state index in [0.717, 1.165) is 83.5 Å². The first kappa shape index (κ1) is 56.0. The largest absolute Gasteiger partial charge is 0.462 e. The van der Waals surface area contributed by atoms with Gasteiger partial charge in [0.25, 0.3) is 0 Å². The van der Waals surface area contributed by atoms with Gasteiger partial charge in [0.15, 0.2) is 0 Å². The molecule has 3 unspecified atom stereocenters. The second-order valence-electron chi connectivity index (χ2n) is 16.2. The van der Waals surface area contributed by atoms with Gasteiger partial charge in [-0.05, 0) is 77.0 Å². The lowest BCUT2D eigenvalue weighted by Crippen LogP contribution is -2.46. The third-order valence-corrected chi connectivity index (χ3v) is 10.6. The summed E-state index contributed by atoms with van der Waals surface area (Å²) in [4.78, 5) is 26.0. The maximum atomic E-state index is 13.1. The third kappa shape index (κ3) is 41.6. The Kier molecular flexibility index (Phi) is 43.8. The van der Waals surface area contributed by atoms with Crippen molar-refractivity contribution in [1.82, 2.24) is 5.32 Å². The summed E-state index contributed by atoms with van der Waals surface area (Å²) in [5.41, 5.74) is 0. The quantitative estimate of drug-likeness (QED) is 0.0247. The lowest BCUT2D eigenvalue weighted by molar-refractivity contribution is -0.151. The molecule has 0 heterocycles. The van der Waals surface area contributed by atoms with Gasteiger partial charge in [-0.25, -0.2) is 0 Å². The van der Waals surface area contributed by atoms with Crippen LogP contribution in [0.1, 0.15) is 213 Å². The van der Waals surface area contributed by atoms with E-state index in [4.69, 9.17) is 4.74 Å². The second-order valence-corrected chi connectivity index (χ2v) is 16.2. The molecule has 0 rings (SSSR count). The van der Waals surface area contributed by atoms with Crippen LogP contribution in [0.2, 0.25) is 0 Å². The summed E-state index contributed by atoms with van der Waals surface area (Å²) in [5, 5.41) is 23.7. The average Bonchev–Trinajstić information content (AvgIpc) is 3.23. The van der Waals surface area contributed by atoms with Gasteiger partial charge in [0.1, 0.15) is 6.10 Å². The number of carbonyl (C=O) groups is 2. The third-order valence-electron chi connectivity index (χ3n) is 10.6. The highest BCUT2D eigenvalue weighted by Crippen LogP contribution is 2.16. The average molecular weight is 822 g/mol. The normalized spacial score (nSPS) is 14.1. The van der Waals surface area contributed by atoms with E-state index in [2.05, 4.69) is 74.7 Å². The van der Waals surface area contributed by atoms with Crippen LogP contribution in [0.3, 0.4) is 0 Å². The summed E-state index contributed by atoms with van der Waals surface area (Å²) in [6, 6.07) is -0.730. The van der Waals surface area contributed by atoms with Crippen molar-refractivity contribution < 1.29 is 24.5 Å². The lowest BCUT2D eigenvalue weighted by atomic mass is 10.0. The highest BCUT2D eigenvalue weighted by atomic mass is 16.5. The number of aliphatic hydroxyl groups excluding tert-OH is 2. The van der Waals surface area contributed by atoms with E-state index in [-0.39, 0.29) is 24.9 Å². The Labute approximate surface area is 363 Å². The van der Waals surface area contributed by atoms with Crippen LogP contribution in [0.25, 0.3) is 0 Å². The monoisotopic (exact) mass is 822 g/mol. The van der Waals surface area contributed by atoms with E-state index >= 15 is 0 Å². The van der Waals surface area contributed by atoms with Crippen LogP contribution in [-0.4, -0.2) is 46.9 Å². The minimum atomic E-state index is -0.812. The van der Waals surface area contributed by atoms with Gasteiger partial charge in [-0.2, -0.15) is 0 Å². The van der Waals surface area contributed by atoms with Crippen molar-refractivity contribution >= 4 is 11.9 Å². The molecular weight excluding hydrogens is 731 g/mol. The molecule has 0 aromatic rings. The number of rotatable bonds is 42. The maximum Gasteiger partial charge on any atom is 0.306 e. The van der Waals surface area contributed by atoms with E-state index in [9.17, 15) is 19.8 Å². The van der Waals surface area contributed by atoms with Crippen molar-refractivity contribution in [1.29, 1.82) is 0 Å². The number of nitrogens with one attached hydrogen (secondary N) is 1. The zero-order chi connectivity index (χ0) is 43.1. The van der Waals surface area contributed by atoms with Gasteiger partial charge in [-0.1, -0.05) is 209 Å². The Morgan fingerprint density at radius 2 is 1.00 bits per heavy atom. The van der Waals surface area contributed by atoms with E-state index in [1.165, 1.54) is 83.5 Å². The summed E-state index contributed by atoms with van der Waals surface area (Å²) < 4.78 is 5.87. The zero-order valence-electron chi connectivity index (χ0n) is 38.4. The highest BCUT2D eigenvalue weighted by molar-refractivity contribution is 5.77. The van der Waals surface area contributed by atoms with Gasteiger partial charge in [0.2, 0.25) is 5.91 Å². The standard InChI is InChI=1S/C53H91NO5/c1-4-7-10-13-16-19-22-24-25-26-27-28-31-34-37-40-43-46-53(58)59-49(44-41-38-35-32-29-21-18-15-12-9-6-3)47-52(57)54-50(48-55)51(56)45-42-39-36-33-30-23-20-17-14-11-8-5-2/h9,12,15-16,18-19,21,24-25,27-29,32,35,49-51,55-56H,4-8,10-11,13-14,17,20,22-23,26,30-31,33-34,36-48H2,1-3H3,(H,54,57)/b12-9+,18-15+,19-16-,25-24-,28-27-,29-21-,35-32-. The van der Waals surface area contributed by atoms with Gasteiger partial charge >= 0.3 is 5.97 Å². The molecule has 1 amide bonds. The van der Waals surface area contributed by atoms with Gasteiger partial charge < -0.3 is 20.3 Å². The van der Waals surface area contributed by atoms with Gasteiger partial charge in [-0.15, -0.1) is 0 Å². The molecule has 338 valence electrons. The van der Waals surface area contributed by atoms with Crippen LogP contribution >= 0.6 is 0 Å². The molecular formula is C53H91NO5. The first-order chi connectivity index (χ1) is 29.0. The predicted octanol–water partition coefficient (Wildman–Crippen LogP) is 14.4. The molecule has 0 saturated heterocycles. The molecule has 3 atom stereocenters. The first-order valence-electron chi connectivity index (χ1n) is 24.4. The Morgan fingerprint density at radius 1 is 0.525 bits per heavy atom. The van der Waals surface area contributed by atoms with Gasteiger partial charge in [0.05, 0.1) is 25.2 Å². The number of hydrogen-bond donors (Lipinski definition) is 3. The topological polar surface area (TPSA) is 95.9 Å². The molecule has 0 fully saturated rings. The van der Waals surface area contributed by atoms with Crippen molar-refractivity contribution in [3.8, 4) is 0 Å². The molecule has 0 radical (unpaired) electrons. The van der Waals surface area contributed by atoms with E-state index < -0.39 is 18.2 Å². The van der Waals surface area contributed by atoms with Crippen LogP contribution in [0.5, 0.6) is 0 Å². The van der Waals surface area contributed by atoms with Gasteiger partial charge in [-0.3, -0.25) is 9.59 Å². The highest BCUT2D eigenvalue weighted by Gasteiger charge is 2.24. The number of allylic oxidation sites excluding steroid dienone is 14. The summed E-state index contributed by atoms with van der Waals surface area (Å²) in [7, 11) is 0. The predicted molar refractivity (Wildman–Crippen MR) is 254 cm³/mol. The number of hydrogen-bond acceptors (Lipinski definition) is 5. The van der Waals surface area contributed by atoms with Crippen LogP contribution < -0.4 is 5.32 Å². The van der Waals surface area contributed by atoms with Crippen LogP contribution in [0, 0.1) is 0 Å². The Bertz CT molecular complexity index is 1150. The molecule has 0 spiro atoms. The Balaban J connectivity index is 4.67. The number of amides is 1.